The van der Waals surface area contributed by atoms with Crippen molar-refractivity contribution in [3.63, 3.8) is 0 Å². The number of ether oxygens (including phenoxy) is 3. The molecule has 0 unspecified atom stereocenters. The van der Waals surface area contributed by atoms with Crippen LogP contribution in [0, 0.1) is 0 Å². The SMILES string of the molecule is CCOc1cc(C[NH2+]Cc2ccccc2OCc2ccccc2)cc(Cl)c1OCC. The zero-order chi connectivity index (χ0) is 21.2. The molecule has 3 aromatic rings. The van der Waals surface area contributed by atoms with Gasteiger partial charge in [-0.3, -0.25) is 0 Å². The maximum absolute atomic E-state index is 6.43. The van der Waals surface area contributed by atoms with E-state index in [1.807, 2.05) is 62.4 Å². The Morgan fingerprint density at radius 1 is 0.733 bits per heavy atom. The van der Waals surface area contributed by atoms with Crippen molar-refractivity contribution in [1.29, 1.82) is 0 Å². The molecule has 4 nitrogen and oxygen atoms in total. The van der Waals surface area contributed by atoms with Gasteiger partial charge in [0.05, 0.1) is 18.2 Å². The number of halogens is 1. The Morgan fingerprint density at radius 3 is 2.23 bits per heavy atom. The minimum absolute atomic E-state index is 0.547. The van der Waals surface area contributed by atoms with Crippen molar-refractivity contribution in [3.05, 3.63) is 88.4 Å². The molecule has 158 valence electrons. The predicted octanol–water partition coefficient (Wildman–Crippen LogP) is 4.98. The summed E-state index contributed by atoms with van der Waals surface area (Å²) in [6.45, 7) is 7.14. The van der Waals surface area contributed by atoms with E-state index < -0.39 is 0 Å². The first-order valence-electron chi connectivity index (χ1n) is 10.4. The number of hydrogen-bond donors (Lipinski definition) is 1. The van der Waals surface area contributed by atoms with Gasteiger partial charge in [0.2, 0.25) is 0 Å². The monoisotopic (exact) mass is 426 g/mol. The highest BCUT2D eigenvalue weighted by Gasteiger charge is 2.13. The second-order valence-corrected chi connectivity index (χ2v) is 7.26. The Hall–Kier alpha value is -2.69. The Labute approximate surface area is 183 Å². The third-order valence-corrected chi connectivity index (χ3v) is 4.89. The topological polar surface area (TPSA) is 44.3 Å². The molecule has 3 rings (SSSR count). The van der Waals surface area contributed by atoms with Crippen molar-refractivity contribution in [2.45, 2.75) is 33.5 Å². The first-order valence-corrected chi connectivity index (χ1v) is 10.7. The number of benzene rings is 3. The molecule has 0 aromatic heterocycles. The van der Waals surface area contributed by atoms with Crippen LogP contribution in [0.2, 0.25) is 5.02 Å². The summed E-state index contributed by atoms with van der Waals surface area (Å²) < 4.78 is 17.4. The van der Waals surface area contributed by atoms with E-state index in [1.165, 1.54) is 0 Å². The molecule has 0 bridgehead atoms. The summed E-state index contributed by atoms with van der Waals surface area (Å²) in [5, 5.41) is 2.81. The van der Waals surface area contributed by atoms with Crippen molar-refractivity contribution in [3.8, 4) is 17.2 Å². The zero-order valence-electron chi connectivity index (χ0n) is 17.6. The normalized spacial score (nSPS) is 10.6. The molecule has 3 aromatic carbocycles. The van der Waals surface area contributed by atoms with E-state index in [4.69, 9.17) is 25.8 Å². The number of quaternary nitrogens is 1. The van der Waals surface area contributed by atoms with Gasteiger partial charge in [0.15, 0.2) is 11.5 Å². The molecule has 0 saturated heterocycles. The Balaban J connectivity index is 1.62. The predicted molar refractivity (Wildman–Crippen MR) is 120 cm³/mol. The van der Waals surface area contributed by atoms with Crippen LogP contribution in [0.25, 0.3) is 0 Å². The minimum atomic E-state index is 0.547. The average Bonchev–Trinajstić information content (AvgIpc) is 2.76. The summed E-state index contributed by atoms with van der Waals surface area (Å²) in [5.74, 6) is 2.23. The van der Waals surface area contributed by atoms with Gasteiger partial charge in [-0.15, -0.1) is 0 Å². The van der Waals surface area contributed by atoms with Crippen molar-refractivity contribution >= 4 is 11.6 Å². The van der Waals surface area contributed by atoms with Gasteiger partial charge >= 0.3 is 0 Å². The summed E-state index contributed by atoms with van der Waals surface area (Å²) in [6, 6.07) is 22.3. The lowest BCUT2D eigenvalue weighted by Gasteiger charge is -2.14. The van der Waals surface area contributed by atoms with Gasteiger partial charge in [0.1, 0.15) is 25.4 Å². The number of para-hydroxylation sites is 1. The van der Waals surface area contributed by atoms with Crippen LogP contribution in [0.5, 0.6) is 17.2 Å². The van der Waals surface area contributed by atoms with E-state index in [2.05, 4.69) is 23.5 Å². The summed E-state index contributed by atoms with van der Waals surface area (Å²) in [5.41, 5.74) is 3.41. The molecule has 2 N–H and O–H groups in total. The van der Waals surface area contributed by atoms with Crippen LogP contribution in [0.15, 0.2) is 66.7 Å². The smallest absolute Gasteiger partial charge is 0.179 e. The molecule has 0 fully saturated rings. The Morgan fingerprint density at radius 2 is 1.47 bits per heavy atom. The largest absolute Gasteiger partial charge is 0.490 e. The lowest BCUT2D eigenvalue weighted by Crippen LogP contribution is -2.80. The number of hydrogen-bond acceptors (Lipinski definition) is 3. The number of rotatable bonds is 11. The van der Waals surface area contributed by atoms with Crippen LogP contribution in [0.3, 0.4) is 0 Å². The van der Waals surface area contributed by atoms with Crippen LogP contribution >= 0.6 is 11.6 Å². The van der Waals surface area contributed by atoms with Crippen LogP contribution < -0.4 is 19.5 Å². The fourth-order valence-electron chi connectivity index (χ4n) is 3.23. The fourth-order valence-corrected chi connectivity index (χ4v) is 3.52. The van der Waals surface area contributed by atoms with Gasteiger partial charge in [0, 0.05) is 11.1 Å². The lowest BCUT2D eigenvalue weighted by molar-refractivity contribution is -0.686. The fraction of sp³-hybridized carbons (Fsp3) is 0.280. The zero-order valence-corrected chi connectivity index (χ0v) is 18.3. The van der Waals surface area contributed by atoms with Crippen molar-refractivity contribution in [2.75, 3.05) is 13.2 Å². The molecule has 0 aliphatic carbocycles. The first kappa shape index (κ1) is 22.0. The van der Waals surface area contributed by atoms with Gasteiger partial charge in [-0.2, -0.15) is 0 Å². The molecule has 0 aliphatic rings. The average molecular weight is 427 g/mol. The van der Waals surface area contributed by atoms with Crippen LogP contribution in [0.4, 0.5) is 0 Å². The third kappa shape index (κ3) is 6.15. The van der Waals surface area contributed by atoms with Gasteiger partial charge in [-0.25, -0.2) is 0 Å². The molecule has 0 amide bonds. The van der Waals surface area contributed by atoms with Crippen molar-refractivity contribution in [1.82, 2.24) is 0 Å². The van der Waals surface area contributed by atoms with Gasteiger partial charge < -0.3 is 19.5 Å². The number of nitrogens with two attached hydrogens (primary N) is 1. The highest BCUT2D eigenvalue weighted by atomic mass is 35.5. The van der Waals surface area contributed by atoms with E-state index >= 15 is 0 Å². The molecule has 0 spiro atoms. The Bertz CT molecular complexity index is 931. The standard InChI is InChI=1S/C25H28ClNO3/c1-3-28-24-15-20(14-22(26)25(24)29-4-2)16-27-17-21-12-8-9-13-23(21)30-18-19-10-6-5-7-11-19/h5-15,27H,3-4,16-18H2,1-2H3/p+1. The quantitative estimate of drug-likeness (QED) is 0.470. The summed E-state index contributed by atoms with van der Waals surface area (Å²) in [7, 11) is 0. The third-order valence-electron chi connectivity index (χ3n) is 4.61. The molecule has 0 atom stereocenters. The molecular formula is C25H29ClNO3+. The highest BCUT2D eigenvalue weighted by Crippen LogP contribution is 2.36. The molecule has 30 heavy (non-hydrogen) atoms. The maximum Gasteiger partial charge on any atom is 0.179 e. The van der Waals surface area contributed by atoms with E-state index in [1.54, 1.807) is 0 Å². The Kier molecular flexibility index (Phi) is 8.42. The van der Waals surface area contributed by atoms with Crippen LogP contribution in [-0.4, -0.2) is 13.2 Å². The minimum Gasteiger partial charge on any atom is -0.490 e. The maximum atomic E-state index is 6.43. The lowest BCUT2D eigenvalue weighted by atomic mass is 10.1. The molecular weight excluding hydrogens is 398 g/mol. The highest BCUT2D eigenvalue weighted by molar-refractivity contribution is 6.32. The van der Waals surface area contributed by atoms with Gasteiger partial charge in [-0.1, -0.05) is 54.1 Å². The molecule has 0 aliphatic heterocycles. The van der Waals surface area contributed by atoms with Crippen molar-refractivity contribution in [2.24, 2.45) is 0 Å². The summed E-state index contributed by atoms with van der Waals surface area (Å²) >= 11 is 6.43. The van der Waals surface area contributed by atoms with E-state index in [0.29, 0.717) is 36.3 Å². The van der Waals surface area contributed by atoms with Crippen LogP contribution in [-0.2, 0) is 19.7 Å². The van der Waals surface area contributed by atoms with E-state index in [-0.39, 0.29) is 0 Å². The van der Waals surface area contributed by atoms with E-state index in [9.17, 15) is 0 Å². The summed E-state index contributed by atoms with van der Waals surface area (Å²) in [6.07, 6.45) is 0. The molecule has 5 heteroatoms. The first-order chi connectivity index (χ1) is 14.7. The van der Waals surface area contributed by atoms with E-state index in [0.717, 1.165) is 35.5 Å². The van der Waals surface area contributed by atoms with Crippen molar-refractivity contribution < 1.29 is 19.5 Å². The van der Waals surface area contributed by atoms with Crippen LogP contribution in [0.1, 0.15) is 30.5 Å². The molecule has 0 radical (unpaired) electrons. The molecule has 0 saturated carbocycles. The van der Waals surface area contributed by atoms with Gasteiger partial charge in [-0.05, 0) is 43.7 Å². The second kappa shape index (κ2) is 11.5. The summed E-state index contributed by atoms with van der Waals surface area (Å²) in [4.78, 5) is 0. The van der Waals surface area contributed by atoms with Gasteiger partial charge in [0.25, 0.3) is 0 Å². The second-order valence-electron chi connectivity index (χ2n) is 6.85. The molecule has 0 heterocycles.